The summed E-state index contributed by atoms with van der Waals surface area (Å²) in [4.78, 5) is 7.85. The number of aromatic nitrogens is 2. The van der Waals surface area contributed by atoms with Crippen molar-refractivity contribution in [1.29, 1.82) is 0 Å². The lowest BCUT2D eigenvalue weighted by Crippen LogP contribution is -1.95. The molecule has 0 aliphatic carbocycles. The van der Waals surface area contributed by atoms with E-state index in [1.54, 1.807) is 0 Å². The van der Waals surface area contributed by atoms with Crippen molar-refractivity contribution in [1.82, 2.24) is 9.97 Å². The van der Waals surface area contributed by atoms with E-state index >= 15 is 0 Å². The van der Waals surface area contributed by atoms with Crippen molar-refractivity contribution in [2.45, 2.75) is 6.54 Å². The Balaban J connectivity index is 2.10. The smallest absolute Gasteiger partial charge is 0.138 e. The Labute approximate surface area is 105 Å². The van der Waals surface area contributed by atoms with Crippen LogP contribution in [0.25, 0.3) is 22.4 Å². The summed E-state index contributed by atoms with van der Waals surface area (Å²) < 4.78 is 0. The maximum Gasteiger partial charge on any atom is 0.138 e. The van der Waals surface area contributed by atoms with Gasteiger partial charge in [-0.3, -0.25) is 0 Å². The van der Waals surface area contributed by atoms with Crippen LogP contribution in [-0.4, -0.2) is 9.97 Å². The molecule has 2 aromatic carbocycles. The Bertz CT molecular complexity index is 683. The van der Waals surface area contributed by atoms with Gasteiger partial charge in [0.15, 0.2) is 0 Å². The highest BCUT2D eigenvalue weighted by molar-refractivity contribution is 5.80. The summed E-state index contributed by atoms with van der Waals surface area (Å²) >= 11 is 0. The number of rotatable bonds is 2. The summed E-state index contributed by atoms with van der Waals surface area (Å²) in [7, 11) is 0. The van der Waals surface area contributed by atoms with E-state index in [-0.39, 0.29) is 0 Å². The van der Waals surface area contributed by atoms with Crippen LogP contribution in [0, 0.1) is 0 Å². The fourth-order valence-electron chi connectivity index (χ4n) is 1.96. The summed E-state index contributed by atoms with van der Waals surface area (Å²) in [6.07, 6.45) is 0. The first-order valence-corrected chi connectivity index (χ1v) is 5.81. The zero-order valence-corrected chi connectivity index (χ0v) is 9.85. The summed E-state index contributed by atoms with van der Waals surface area (Å²) in [6, 6.07) is 13.7. The number of imidazole rings is 1. The van der Waals surface area contributed by atoms with Crippen LogP contribution in [0.1, 0.15) is 5.56 Å². The number of fused-ring (bicyclic) bond motifs is 1. The quantitative estimate of drug-likeness (QED) is 0.599. The van der Waals surface area contributed by atoms with E-state index in [9.17, 15) is 0 Å². The van der Waals surface area contributed by atoms with Crippen LogP contribution in [-0.2, 0) is 6.54 Å². The van der Waals surface area contributed by atoms with E-state index in [4.69, 9.17) is 11.5 Å². The number of H-pyrrole nitrogens is 1. The van der Waals surface area contributed by atoms with Gasteiger partial charge in [-0.15, -0.1) is 0 Å². The third kappa shape index (κ3) is 1.83. The Kier molecular flexibility index (Phi) is 2.50. The molecule has 0 aliphatic rings. The van der Waals surface area contributed by atoms with Gasteiger partial charge in [0.1, 0.15) is 5.82 Å². The van der Waals surface area contributed by atoms with Crippen molar-refractivity contribution < 1.29 is 0 Å². The Morgan fingerprint density at radius 1 is 1.06 bits per heavy atom. The highest BCUT2D eigenvalue weighted by atomic mass is 14.9. The van der Waals surface area contributed by atoms with Gasteiger partial charge in [0.05, 0.1) is 11.0 Å². The number of nitrogens with two attached hydrogens (primary N) is 2. The van der Waals surface area contributed by atoms with E-state index < -0.39 is 0 Å². The lowest BCUT2D eigenvalue weighted by molar-refractivity contribution is 1.07. The zero-order chi connectivity index (χ0) is 12.5. The molecule has 3 aromatic rings. The van der Waals surface area contributed by atoms with E-state index in [1.165, 1.54) is 0 Å². The number of nitrogens with zero attached hydrogens (tertiary/aromatic N) is 1. The molecule has 0 unspecified atom stereocenters. The number of anilines is 1. The molecule has 1 aromatic heterocycles. The molecular formula is C14H14N4. The fraction of sp³-hybridized carbons (Fsp3) is 0.0714. The molecule has 18 heavy (non-hydrogen) atoms. The third-order valence-corrected chi connectivity index (χ3v) is 2.97. The van der Waals surface area contributed by atoms with Crippen LogP contribution in [0.15, 0.2) is 42.5 Å². The van der Waals surface area contributed by atoms with Crippen LogP contribution in [0.5, 0.6) is 0 Å². The van der Waals surface area contributed by atoms with Crippen molar-refractivity contribution in [3.8, 4) is 11.4 Å². The van der Waals surface area contributed by atoms with Crippen LogP contribution in [0.2, 0.25) is 0 Å². The standard InChI is InChI=1S/C14H14N4/c15-8-9-1-6-12-13(7-9)18-14(17-12)10-2-4-11(16)5-3-10/h1-7H,8,15-16H2,(H,17,18). The van der Waals surface area contributed by atoms with Gasteiger partial charge in [-0.25, -0.2) is 4.98 Å². The minimum atomic E-state index is 0.534. The Morgan fingerprint density at radius 3 is 2.56 bits per heavy atom. The highest BCUT2D eigenvalue weighted by Crippen LogP contribution is 2.22. The van der Waals surface area contributed by atoms with Gasteiger partial charge in [0.2, 0.25) is 0 Å². The first-order valence-electron chi connectivity index (χ1n) is 5.81. The minimum Gasteiger partial charge on any atom is -0.399 e. The number of nitrogens with one attached hydrogen (secondary N) is 1. The van der Waals surface area contributed by atoms with Crippen LogP contribution in [0.3, 0.4) is 0 Å². The maximum absolute atomic E-state index is 5.67. The van der Waals surface area contributed by atoms with E-state index in [2.05, 4.69) is 9.97 Å². The molecule has 90 valence electrons. The van der Waals surface area contributed by atoms with Gasteiger partial charge in [-0.2, -0.15) is 0 Å². The number of hydrogen-bond donors (Lipinski definition) is 3. The molecular weight excluding hydrogens is 224 g/mol. The van der Waals surface area contributed by atoms with Crippen molar-refractivity contribution >= 4 is 16.7 Å². The fourth-order valence-corrected chi connectivity index (χ4v) is 1.96. The maximum atomic E-state index is 5.67. The second-order valence-corrected chi connectivity index (χ2v) is 4.26. The molecule has 0 saturated carbocycles. The second-order valence-electron chi connectivity index (χ2n) is 4.26. The molecule has 0 aliphatic heterocycles. The molecule has 0 radical (unpaired) electrons. The van der Waals surface area contributed by atoms with Gasteiger partial charge in [-0.05, 0) is 42.0 Å². The van der Waals surface area contributed by atoms with E-state index in [0.29, 0.717) is 6.54 Å². The van der Waals surface area contributed by atoms with Crippen molar-refractivity contribution in [2.24, 2.45) is 5.73 Å². The van der Waals surface area contributed by atoms with Gasteiger partial charge in [0.25, 0.3) is 0 Å². The first-order chi connectivity index (χ1) is 8.76. The van der Waals surface area contributed by atoms with Crippen molar-refractivity contribution in [2.75, 3.05) is 5.73 Å². The van der Waals surface area contributed by atoms with E-state index in [0.717, 1.165) is 33.7 Å². The molecule has 4 nitrogen and oxygen atoms in total. The summed E-state index contributed by atoms with van der Waals surface area (Å²) in [5.41, 5.74) is 16.1. The summed E-state index contributed by atoms with van der Waals surface area (Å²) in [6.45, 7) is 0.534. The molecule has 0 fully saturated rings. The molecule has 4 heteroatoms. The minimum absolute atomic E-state index is 0.534. The summed E-state index contributed by atoms with van der Waals surface area (Å²) in [5, 5.41) is 0. The zero-order valence-electron chi connectivity index (χ0n) is 9.85. The van der Waals surface area contributed by atoms with Crippen molar-refractivity contribution in [3.05, 3.63) is 48.0 Å². The Hall–Kier alpha value is -2.33. The average molecular weight is 238 g/mol. The van der Waals surface area contributed by atoms with Gasteiger partial charge < -0.3 is 16.5 Å². The Morgan fingerprint density at radius 2 is 1.83 bits per heavy atom. The number of aromatic amines is 1. The highest BCUT2D eigenvalue weighted by Gasteiger charge is 2.05. The molecule has 0 bridgehead atoms. The third-order valence-electron chi connectivity index (χ3n) is 2.97. The molecule has 1 heterocycles. The number of benzene rings is 2. The molecule has 0 atom stereocenters. The lowest BCUT2D eigenvalue weighted by atomic mass is 10.2. The summed E-state index contributed by atoms with van der Waals surface area (Å²) in [5.74, 6) is 0.846. The SMILES string of the molecule is NCc1ccc2nc(-c3ccc(N)cc3)[nH]c2c1. The second kappa shape index (κ2) is 4.16. The van der Waals surface area contributed by atoms with E-state index in [1.807, 2.05) is 42.5 Å². The average Bonchev–Trinajstić information content (AvgIpc) is 2.82. The molecule has 3 rings (SSSR count). The topological polar surface area (TPSA) is 80.7 Å². The molecule has 0 saturated heterocycles. The number of nitrogen functional groups attached to an aromatic ring is 1. The predicted molar refractivity (Wildman–Crippen MR) is 73.8 cm³/mol. The van der Waals surface area contributed by atoms with Gasteiger partial charge in [-0.1, -0.05) is 6.07 Å². The predicted octanol–water partition coefficient (Wildman–Crippen LogP) is 2.27. The molecule has 5 N–H and O–H groups in total. The van der Waals surface area contributed by atoms with Crippen LogP contribution >= 0.6 is 0 Å². The van der Waals surface area contributed by atoms with Gasteiger partial charge >= 0.3 is 0 Å². The van der Waals surface area contributed by atoms with Gasteiger partial charge in [0, 0.05) is 17.8 Å². The molecule has 0 spiro atoms. The monoisotopic (exact) mass is 238 g/mol. The van der Waals surface area contributed by atoms with Crippen molar-refractivity contribution in [3.63, 3.8) is 0 Å². The lowest BCUT2D eigenvalue weighted by Gasteiger charge is -1.96. The number of hydrogen-bond acceptors (Lipinski definition) is 3. The largest absolute Gasteiger partial charge is 0.399 e. The van der Waals surface area contributed by atoms with Crippen LogP contribution in [0.4, 0.5) is 5.69 Å². The van der Waals surface area contributed by atoms with Crippen LogP contribution < -0.4 is 11.5 Å². The molecule has 0 amide bonds. The first kappa shape index (κ1) is 10.8. The normalized spacial score (nSPS) is 10.9.